The van der Waals surface area contributed by atoms with Gasteiger partial charge in [0, 0.05) is 19.3 Å². The Bertz CT molecular complexity index is 1270. The van der Waals surface area contributed by atoms with Gasteiger partial charge in [0.05, 0.1) is 0 Å². The molecule has 1 atom stereocenters. The molecular formula is C59H100O6. The van der Waals surface area contributed by atoms with Crippen LogP contribution in [0.1, 0.15) is 252 Å². The Labute approximate surface area is 401 Å². The summed E-state index contributed by atoms with van der Waals surface area (Å²) in [6.07, 6.45) is 68.7. The van der Waals surface area contributed by atoms with E-state index in [1.165, 1.54) is 122 Å². The lowest BCUT2D eigenvalue weighted by Crippen LogP contribution is -2.30. The Morgan fingerprint density at radius 1 is 0.338 bits per heavy atom. The molecule has 0 fully saturated rings. The van der Waals surface area contributed by atoms with Gasteiger partial charge in [0.2, 0.25) is 0 Å². The van der Waals surface area contributed by atoms with Crippen LogP contribution in [0.4, 0.5) is 0 Å². The van der Waals surface area contributed by atoms with Gasteiger partial charge in [0.1, 0.15) is 13.2 Å². The normalized spacial score (nSPS) is 12.7. The van der Waals surface area contributed by atoms with Crippen LogP contribution in [0.5, 0.6) is 0 Å². The third kappa shape index (κ3) is 51.4. The highest BCUT2D eigenvalue weighted by Gasteiger charge is 2.19. The van der Waals surface area contributed by atoms with Crippen molar-refractivity contribution in [1.29, 1.82) is 0 Å². The van der Waals surface area contributed by atoms with Crippen LogP contribution in [0.2, 0.25) is 0 Å². The minimum Gasteiger partial charge on any atom is -0.462 e. The highest BCUT2D eigenvalue weighted by Crippen LogP contribution is 2.15. The van der Waals surface area contributed by atoms with Gasteiger partial charge in [0.25, 0.3) is 0 Å². The smallest absolute Gasteiger partial charge is 0.306 e. The molecule has 0 rings (SSSR count). The largest absolute Gasteiger partial charge is 0.462 e. The molecule has 0 aliphatic carbocycles. The molecule has 0 aromatic heterocycles. The van der Waals surface area contributed by atoms with E-state index in [0.29, 0.717) is 12.8 Å². The van der Waals surface area contributed by atoms with Gasteiger partial charge >= 0.3 is 17.9 Å². The maximum absolute atomic E-state index is 12.8. The maximum atomic E-state index is 12.8. The van der Waals surface area contributed by atoms with E-state index < -0.39 is 6.10 Å². The van der Waals surface area contributed by atoms with Crippen LogP contribution in [0.3, 0.4) is 0 Å². The van der Waals surface area contributed by atoms with Crippen LogP contribution >= 0.6 is 0 Å². The fourth-order valence-electron chi connectivity index (χ4n) is 7.36. The van der Waals surface area contributed by atoms with E-state index in [1.54, 1.807) is 0 Å². The average Bonchev–Trinajstić information content (AvgIpc) is 3.30. The van der Waals surface area contributed by atoms with Crippen LogP contribution in [0.15, 0.2) is 85.1 Å². The van der Waals surface area contributed by atoms with Crippen molar-refractivity contribution in [2.75, 3.05) is 13.2 Å². The zero-order chi connectivity index (χ0) is 47.2. The Morgan fingerprint density at radius 3 is 1.11 bits per heavy atom. The van der Waals surface area contributed by atoms with Crippen molar-refractivity contribution in [2.24, 2.45) is 0 Å². The monoisotopic (exact) mass is 905 g/mol. The van der Waals surface area contributed by atoms with Crippen molar-refractivity contribution in [3.8, 4) is 0 Å². The molecule has 65 heavy (non-hydrogen) atoms. The van der Waals surface area contributed by atoms with Crippen LogP contribution < -0.4 is 0 Å². The lowest BCUT2D eigenvalue weighted by atomic mass is 10.0. The summed E-state index contributed by atoms with van der Waals surface area (Å²) in [6.45, 7) is 6.44. The van der Waals surface area contributed by atoms with Crippen molar-refractivity contribution in [3.63, 3.8) is 0 Å². The molecule has 0 aliphatic rings. The first kappa shape index (κ1) is 61.6. The summed E-state index contributed by atoms with van der Waals surface area (Å²) in [7, 11) is 0. The minimum atomic E-state index is -0.819. The highest BCUT2D eigenvalue weighted by molar-refractivity contribution is 5.71. The SMILES string of the molecule is CC/C=C\C/C=C\C/C=C\C/C=C\C/C=C\CCC(=O)OCC(COC(=O)CCCCCCCCCCCCCCCCC)OC(=O)CCCCC/C=C\C=C/CCCCCCCCC. The number of carbonyl (C=O) groups is 3. The van der Waals surface area contributed by atoms with E-state index in [9.17, 15) is 14.4 Å². The third-order valence-electron chi connectivity index (χ3n) is 11.4. The van der Waals surface area contributed by atoms with Crippen molar-refractivity contribution in [3.05, 3.63) is 85.1 Å². The Hall–Kier alpha value is -3.41. The summed E-state index contributed by atoms with van der Waals surface area (Å²) in [6, 6.07) is 0. The first-order valence-electron chi connectivity index (χ1n) is 27.1. The van der Waals surface area contributed by atoms with Crippen LogP contribution in [-0.4, -0.2) is 37.2 Å². The van der Waals surface area contributed by atoms with Crippen molar-refractivity contribution < 1.29 is 28.6 Å². The molecule has 0 bridgehead atoms. The van der Waals surface area contributed by atoms with Crippen molar-refractivity contribution in [2.45, 2.75) is 258 Å². The van der Waals surface area contributed by atoms with Gasteiger partial charge in [-0.25, -0.2) is 0 Å². The van der Waals surface area contributed by atoms with E-state index in [2.05, 4.69) is 99.8 Å². The molecule has 0 saturated heterocycles. The van der Waals surface area contributed by atoms with Crippen LogP contribution in [0, 0.1) is 0 Å². The summed E-state index contributed by atoms with van der Waals surface area (Å²) < 4.78 is 16.7. The van der Waals surface area contributed by atoms with E-state index in [0.717, 1.165) is 83.5 Å². The topological polar surface area (TPSA) is 78.9 Å². The van der Waals surface area contributed by atoms with Crippen LogP contribution in [-0.2, 0) is 28.6 Å². The first-order chi connectivity index (χ1) is 32.0. The number of hydrogen-bond donors (Lipinski definition) is 0. The summed E-state index contributed by atoms with van der Waals surface area (Å²) in [5.41, 5.74) is 0. The lowest BCUT2D eigenvalue weighted by molar-refractivity contribution is -0.166. The van der Waals surface area contributed by atoms with E-state index in [4.69, 9.17) is 14.2 Å². The quantitative estimate of drug-likeness (QED) is 0.0199. The molecule has 0 aliphatic heterocycles. The fourth-order valence-corrected chi connectivity index (χ4v) is 7.36. The highest BCUT2D eigenvalue weighted by atomic mass is 16.6. The zero-order valence-corrected chi connectivity index (χ0v) is 42.5. The number of ether oxygens (including phenoxy) is 3. The first-order valence-corrected chi connectivity index (χ1v) is 27.1. The molecule has 0 spiro atoms. The predicted molar refractivity (Wildman–Crippen MR) is 279 cm³/mol. The third-order valence-corrected chi connectivity index (χ3v) is 11.4. The lowest BCUT2D eigenvalue weighted by Gasteiger charge is -2.18. The molecule has 0 radical (unpaired) electrons. The average molecular weight is 905 g/mol. The molecule has 6 nitrogen and oxygen atoms in total. The van der Waals surface area contributed by atoms with E-state index in [-0.39, 0.29) is 44.0 Å². The van der Waals surface area contributed by atoms with Gasteiger partial charge in [-0.15, -0.1) is 0 Å². The van der Waals surface area contributed by atoms with E-state index in [1.807, 2.05) is 6.08 Å². The number of allylic oxidation sites excluding steroid dienone is 14. The van der Waals surface area contributed by atoms with E-state index >= 15 is 0 Å². The molecular weight excluding hydrogens is 805 g/mol. The number of rotatable bonds is 48. The summed E-state index contributed by atoms with van der Waals surface area (Å²) in [5.74, 6) is -1.02. The molecule has 372 valence electrons. The van der Waals surface area contributed by atoms with Crippen molar-refractivity contribution in [1.82, 2.24) is 0 Å². The van der Waals surface area contributed by atoms with Gasteiger partial charge in [-0.2, -0.15) is 0 Å². The van der Waals surface area contributed by atoms with Gasteiger partial charge in [-0.3, -0.25) is 14.4 Å². The van der Waals surface area contributed by atoms with Gasteiger partial charge < -0.3 is 14.2 Å². The minimum absolute atomic E-state index is 0.108. The molecule has 0 saturated carbocycles. The second kappa shape index (κ2) is 53.2. The summed E-state index contributed by atoms with van der Waals surface area (Å²) >= 11 is 0. The predicted octanol–water partition coefficient (Wildman–Crippen LogP) is 18.0. The van der Waals surface area contributed by atoms with Gasteiger partial charge in [-0.1, -0.05) is 241 Å². The van der Waals surface area contributed by atoms with Crippen LogP contribution in [0.25, 0.3) is 0 Å². The molecule has 1 unspecified atom stereocenters. The van der Waals surface area contributed by atoms with Crippen molar-refractivity contribution >= 4 is 17.9 Å². The molecule has 0 aromatic rings. The van der Waals surface area contributed by atoms with Gasteiger partial charge in [0.15, 0.2) is 6.10 Å². The Balaban J connectivity index is 4.52. The van der Waals surface area contributed by atoms with Gasteiger partial charge in [-0.05, 0) is 77.0 Å². The molecule has 0 heterocycles. The molecule has 0 N–H and O–H groups in total. The second-order valence-corrected chi connectivity index (χ2v) is 17.8. The maximum Gasteiger partial charge on any atom is 0.306 e. The molecule has 0 amide bonds. The Kier molecular flexibility index (Phi) is 50.4. The summed E-state index contributed by atoms with van der Waals surface area (Å²) in [5, 5.41) is 0. The summed E-state index contributed by atoms with van der Waals surface area (Å²) in [4.78, 5) is 38.0. The molecule has 0 aromatic carbocycles. The molecule has 6 heteroatoms. The standard InChI is InChI=1S/C59H100O6/c1-4-7-10-13-16-19-22-25-28-31-34-37-40-43-46-49-52-58(61)64-55-56(54-63-57(60)51-48-45-42-39-36-33-30-27-24-21-18-15-12-9-6-3)65-59(62)53-50-47-44-41-38-35-32-29-26-23-20-17-14-11-8-5-2/h7,10,16,19,25,28-29,32,34-35,37-38,43,46,56H,4-6,8-9,11-15,17-18,20-24,26-27,30-31,33,36,39-42,44-45,47-55H2,1-3H3/b10-7-,19-16-,28-25-,32-29-,37-34-,38-35-,46-43-. The second-order valence-electron chi connectivity index (χ2n) is 17.8. The number of unbranched alkanes of at least 4 members (excludes halogenated alkanes) is 24. The number of carbonyl (C=O) groups excluding carboxylic acids is 3. The Morgan fingerprint density at radius 2 is 0.677 bits per heavy atom. The zero-order valence-electron chi connectivity index (χ0n) is 42.5. The number of hydrogen-bond acceptors (Lipinski definition) is 6. The number of esters is 3. The fraction of sp³-hybridized carbons (Fsp3) is 0.712.